The van der Waals surface area contributed by atoms with Crippen LogP contribution in [0.4, 0.5) is 4.79 Å². The molecule has 0 heterocycles. The van der Waals surface area contributed by atoms with E-state index >= 15 is 0 Å². The zero-order chi connectivity index (χ0) is 13.4. The Kier molecular flexibility index (Phi) is 3.41. The standard InChI is InChI=1S/C12H22N2O3/c1-7-6-8(7)13-10(17)14-12(4,5)11(2,3)9(15)16/h7-8H,6H2,1-5H3,(H,15,16)(H2,13,14,17). The van der Waals surface area contributed by atoms with Gasteiger partial charge in [0, 0.05) is 6.04 Å². The third-order valence-corrected chi connectivity index (χ3v) is 3.95. The SMILES string of the molecule is CC1CC1NC(=O)NC(C)(C)C(C)(C)C(=O)O. The summed E-state index contributed by atoms with van der Waals surface area (Å²) in [6, 6.07) is -0.0579. The maximum Gasteiger partial charge on any atom is 0.315 e. The number of aliphatic carboxylic acids is 1. The maximum atomic E-state index is 11.7. The lowest BCUT2D eigenvalue weighted by Gasteiger charge is -2.38. The molecule has 0 aromatic heterocycles. The van der Waals surface area contributed by atoms with E-state index in [0.717, 1.165) is 6.42 Å². The average molecular weight is 242 g/mol. The highest BCUT2D eigenvalue weighted by Gasteiger charge is 2.45. The minimum atomic E-state index is -1.03. The van der Waals surface area contributed by atoms with Crippen LogP contribution < -0.4 is 10.6 Å². The summed E-state index contributed by atoms with van der Waals surface area (Å²) in [5.41, 5.74) is -1.85. The number of carbonyl (C=O) groups is 2. The Bertz CT molecular complexity index is 337. The lowest BCUT2D eigenvalue weighted by molar-refractivity contribution is -0.150. The van der Waals surface area contributed by atoms with Gasteiger partial charge in [-0.25, -0.2) is 4.79 Å². The number of rotatable bonds is 4. The Morgan fingerprint density at radius 2 is 1.71 bits per heavy atom. The molecule has 1 fully saturated rings. The number of amides is 2. The van der Waals surface area contributed by atoms with Gasteiger partial charge in [0.1, 0.15) is 0 Å². The van der Waals surface area contributed by atoms with Gasteiger partial charge in [0.05, 0.1) is 11.0 Å². The second-order valence-electron chi connectivity index (χ2n) is 5.97. The molecule has 0 spiro atoms. The Morgan fingerprint density at radius 1 is 1.24 bits per heavy atom. The molecule has 1 aliphatic carbocycles. The van der Waals surface area contributed by atoms with Crippen molar-refractivity contribution in [2.24, 2.45) is 11.3 Å². The number of hydrogen-bond donors (Lipinski definition) is 3. The van der Waals surface area contributed by atoms with Crippen LogP contribution >= 0.6 is 0 Å². The van der Waals surface area contributed by atoms with E-state index in [1.165, 1.54) is 0 Å². The molecule has 3 N–H and O–H groups in total. The fourth-order valence-electron chi connectivity index (χ4n) is 1.44. The number of carboxylic acids is 1. The molecule has 5 nitrogen and oxygen atoms in total. The van der Waals surface area contributed by atoms with E-state index in [4.69, 9.17) is 5.11 Å². The van der Waals surface area contributed by atoms with Crippen LogP contribution in [0.1, 0.15) is 41.0 Å². The summed E-state index contributed by atoms with van der Waals surface area (Å²) < 4.78 is 0. The third-order valence-electron chi connectivity index (χ3n) is 3.95. The van der Waals surface area contributed by atoms with Crippen molar-refractivity contribution in [3.05, 3.63) is 0 Å². The van der Waals surface area contributed by atoms with Crippen molar-refractivity contribution in [2.75, 3.05) is 0 Å². The van der Waals surface area contributed by atoms with Crippen LogP contribution in [0.3, 0.4) is 0 Å². The summed E-state index contributed by atoms with van der Waals surface area (Å²) in [4.78, 5) is 22.9. The van der Waals surface area contributed by atoms with Gasteiger partial charge in [-0.05, 0) is 40.0 Å². The Labute approximate surface area is 102 Å². The van der Waals surface area contributed by atoms with Gasteiger partial charge in [0.25, 0.3) is 0 Å². The maximum absolute atomic E-state index is 11.7. The van der Waals surface area contributed by atoms with E-state index in [1.807, 2.05) is 0 Å². The number of carbonyl (C=O) groups excluding carboxylic acids is 1. The minimum Gasteiger partial charge on any atom is -0.481 e. The fourth-order valence-corrected chi connectivity index (χ4v) is 1.44. The molecule has 0 aromatic rings. The van der Waals surface area contributed by atoms with Crippen LogP contribution in [0, 0.1) is 11.3 Å². The van der Waals surface area contributed by atoms with Crippen LogP contribution in [0.5, 0.6) is 0 Å². The molecule has 2 unspecified atom stereocenters. The molecule has 2 atom stereocenters. The van der Waals surface area contributed by atoms with Gasteiger partial charge in [-0.3, -0.25) is 4.79 Å². The molecule has 2 amide bonds. The van der Waals surface area contributed by atoms with Gasteiger partial charge in [0.2, 0.25) is 0 Å². The normalized spacial score (nSPS) is 24.1. The van der Waals surface area contributed by atoms with Crippen LogP contribution in [0.2, 0.25) is 0 Å². The molecule has 1 saturated carbocycles. The van der Waals surface area contributed by atoms with Crippen molar-refractivity contribution in [1.82, 2.24) is 10.6 Å². The van der Waals surface area contributed by atoms with E-state index in [1.54, 1.807) is 27.7 Å². The van der Waals surface area contributed by atoms with Crippen molar-refractivity contribution < 1.29 is 14.7 Å². The van der Waals surface area contributed by atoms with E-state index in [9.17, 15) is 9.59 Å². The Balaban J connectivity index is 2.59. The molecular formula is C12H22N2O3. The van der Waals surface area contributed by atoms with Crippen LogP contribution in [0.15, 0.2) is 0 Å². The molecule has 0 bridgehead atoms. The van der Waals surface area contributed by atoms with Crippen molar-refractivity contribution >= 4 is 12.0 Å². The topological polar surface area (TPSA) is 78.4 Å². The first-order valence-electron chi connectivity index (χ1n) is 5.90. The molecule has 1 aliphatic rings. The molecular weight excluding hydrogens is 220 g/mol. The largest absolute Gasteiger partial charge is 0.481 e. The first kappa shape index (κ1) is 13.8. The zero-order valence-electron chi connectivity index (χ0n) is 11.1. The first-order chi connectivity index (χ1) is 7.58. The van der Waals surface area contributed by atoms with E-state index in [0.29, 0.717) is 5.92 Å². The summed E-state index contributed by atoms with van der Waals surface area (Å²) in [6.07, 6.45) is 0.996. The van der Waals surface area contributed by atoms with Gasteiger partial charge < -0.3 is 15.7 Å². The predicted molar refractivity (Wildman–Crippen MR) is 64.7 cm³/mol. The number of hydrogen-bond acceptors (Lipinski definition) is 2. The Morgan fingerprint density at radius 3 is 2.06 bits per heavy atom. The third kappa shape index (κ3) is 2.90. The summed E-state index contributed by atoms with van der Waals surface area (Å²) in [5.74, 6) is -0.404. The van der Waals surface area contributed by atoms with Gasteiger partial charge >= 0.3 is 12.0 Å². The minimum absolute atomic E-state index is 0.235. The molecule has 17 heavy (non-hydrogen) atoms. The second kappa shape index (κ2) is 4.20. The molecule has 5 heteroatoms. The van der Waals surface area contributed by atoms with Crippen LogP contribution in [-0.2, 0) is 4.79 Å². The van der Waals surface area contributed by atoms with Gasteiger partial charge in [-0.15, -0.1) is 0 Å². The highest BCUT2D eigenvalue weighted by Crippen LogP contribution is 2.31. The van der Waals surface area contributed by atoms with Crippen LogP contribution in [-0.4, -0.2) is 28.7 Å². The highest BCUT2D eigenvalue weighted by molar-refractivity contribution is 5.80. The smallest absolute Gasteiger partial charge is 0.315 e. The lowest BCUT2D eigenvalue weighted by atomic mass is 9.74. The highest BCUT2D eigenvalue weighted by atomic mass is 16.4. The molecule has 98 valence electrons. The molecule has 0 radical (unpaired) electrons. The van der Waals surface area contributed by atoms with E-state index in [-0.39, 0.29) is 12.1 Å². The monoisotopic (exact) mass is 242 g/mol. The van der Waals surface area contributed by atoms with E-state index < -0.39 is 16.9 Å². The zero-order valence-corrected chi connectivity index (χ0v) is 11.1. The van der Waals surface area contributed by atoms with Crippen molar-refractivity contribution in [3.8, 4) is 0 Å². The quantitative estimate of drug-likeness (QED) is 0.700. The van der Waals surface area contributed by atoms with Crippen molar-refractivity contribution in [3.63, 3.8) is 0 Å². The van der Waals surface area contributed by atoms with Crippen molar-refractivity contribution in [1.29, 1.82) is 0 Å². The fraction of sp³-hybridized carbons (Fsp3) is 0.833. The first-order valence-corrected chi connectivity index (χ1v) is 5.90. The summed E-state index contributed by atoms with van der Waals surface area (Å²) in [5, 5.41) is 14.7. The number of nitrogens with one attached hydrogen (secondary N) is 2. The lowest BCUT2D eigenvalue weighted by Crippen LogP contribution is -2.59. The summed E-state index contributed by atoms with van der Waals surface area (Å²) in [6.45, 7) is 8.72. The predicted octanol–water partition coefficient (Wildman–Crippen LogP) is 1.58. The van der Waals surface area contributed by atoms with Gasteiger partial charge in [-0.2, -0.15) is 0 Å². The molecule has 0 aromatic carbocycles. The average Bonchev–Trinajstić information content (AvgIpc) is 2.79. The molecule has 0 aliphatic heterocycles. The number of carboxylic acid groups (broad SMARTS) is 1. The van der Waals surface area contributed by atoms with Gasteiger partial charge in [-0.1, -0.05) is 6.92 Å². The molecule has 1 rings (SSSR count). The van der Waals surface area contributed by atoms with E-state index in [2.05, 4.69) is 17.6 Å². The summed E-state index contributed by atoms with van der Waals surface area (Å²) >= 11 is 0. The summed E-state index contributed by atoms with van der Waals surface area (Å²) in [7, 11) is 0. The number of urea groups is 1. The Hall–Kier alpha value is -1.26. The second-order valence-corrected chi connectivity index (χ2v) is 5.97. The van der Waals surface area contributed by atoms with Crippen molar-refractivity contribution in [2.45, 2.75) is 52.6 Å². The van der Waals surface area contributed by atoms with Crippen LogP contribution in [0.25, 0.3) is 0 Å². The molecule has 0 saturated heterocycles. The van der Waals surface area contributed by atoms with Gasteiger partial charge in [0.15, 0.2) is 0 Å².